The van der Waals surface area contributed by atoms with E-state index in [1.54, 1.807) is 16.5 Å². The second-order valence-corrected chi connectivity index (χ2v) is 11.6. The van der Waals surface area contributed by atoms with Crippen LogP contribution in [0.3, 0.4) is 0 Å². The Morgan fingerprint density at radius 1 is 1.11 bits per heavy atom. The number of carbonyl (C=O) groups excluding carboxylic acids is 1. The van der Waals surface area contributed by atoms with Crippen LogP contribution in [0, 0.1) is 24.7 Å². The average molecular weight is 502 g/mol. The van der Waals surface area contributed by atoms with E-state index in [1.807, 2.05) is 43.5 Å². The summed E-state index contributed by atoms with van der Waals surface area (Å²) in [5.74, 6) is 7.04. The third-order valence-electron chi connectivity index (χ3n) is 6.63. The van der Waals surface area contributed by atoms with Crippen molar-refractivity contribution in [1.29, 1.82) is 0 Å². The van der Waals surface area contributed by atoms with E-state index in [9.17, 15) is 13.2 Å². The number of aromatic nitrogens is 4. The summed E-state index contributed by atoms with van der Waals surface area (Å²) in [5.41, 5.74) is 4.58. The molecule has 2 aliphatic heterocycles. The van der Waals surface area contributed by atoms with E-state index in [4.69, 9.17) is 9.52 Å². The fraction of sp³-hybridized carbons (Fsp3) is 0.308. The van der Waals surface area contributed by atoms with E-state index in [-0.39, 0.29) is 29.4 Å². The highest BCUT2D eigenvalue weighted by Crippen LogP contribution is 2.36. The van der Waals surface area contributed by atoms with Gasteiger partial charge in [0.05, 0.1) is 34.5 Å². The van der Waals surface area contributed by atoms with Crippen molar-refractivity contribution in [3.63, 3.8) is 0 Å². The highest BCUT2D eigenvalue weighted by atomic mass is 32.2. The lowest BCUT2D eigenvalue weighted by Gasteiger charge is -2.35. The Balaban J connectivity index is 1.39. The standard InChI is InChI=1S/C26H23N5O4S/c1-16-3-6-19(7-4-16)24-23(12-31(29-24)20-13-36(33,34)14-20)25-22-9-21(35-26(22)28-15-27-25)8-5-18-10-30(11-18)17(2)32/h3-4,6-7,9,12,15,18,20H,10-11,13-14H2,1-2H3. The molecule has 182 valence electrons. The molecule has 2 fully saturated rings. The first-order valence-corrected chi connectivity index (χ1v) is 13.5. The quantitative estimate of drug-likeness (QED) is 0.397. The van der Waals surface area contributed by atoms with Gasteiger partial charge in [0, 0.05) is 43.4 Å². The number of furan rings is 1. The molecule has 0 aliphatic carbocycles. The first-order valence-electron chi connectivity index (χ1n) is 11.6. The normalized spacial score (nSPS) is 17.3. The van der Waals surface area contributed by atoms with Gasteiger partial charge in [-0.05, 0) is 12.8 Å². The summed E-state index contributed by atoms with van der Waals surface area (Å²) in [6, 6.07) is 9.64. The molecule has 6 rings (SSSR count). The number of nitrogens with zero attached hydrogens (tertiary/aromatic N) is 5. The van der Waals surface area contributed by atoms with Crippen molar-refractivity contribution in [3.8, 4) is 34.4 Å². The van der Waals surface area contributed by atoms with Gasteiger partial charge in [-0.15, -0.1) is 0 Å². The molecule has 3 aromatic heterocycles. The molecule has 0 spiro atoms. The van der Waals surface area contributed by atoms with Crippen LogP contribution >= 0.6 is 0 Å². The van der Waals surface area contributed by atoms with Crippen LogP contribution in [0.4, 0.5) is 0 Å². The molecular formula is C26H23N5O4S. The van der Waals surface area contributed by atoms with E-state index in [1.165, 1.54) is 6.33 Å². The van der Waals surface area contributed by atoms with Crippen molar-refractivity contribution >= 4 is 26.8 Å². The van der Waals surface area contributed by atoms with Crippen LogP contribution in [-0.2, 0) is 14.6 Å². The zero-order chi connectivity index (χ0) is 25.0. The van der Waals surface area contributed by atoms with E-state index in [0.717, 1.165) is 16.7 Å². The molecule has 5 heterocycles. The van der Waals surface area contributed by atoms with Crippen LogP contribution < -0.4 is 0 Å². The van der Waals surface area contributed by atoms with Gasteiger partial charge in [-0.25, -0.2) is 18.4 Å². The Hall–Kier alpha value is -3.97. The van der Waals surface area contributed by atoms with Gasteiger partial charge in [0.2, 0.25) is 11.6 Å². The molecule has 0 unspecified atom stereocenters. The number of hydrogen-bond donors (Lipinski definition) is 0. The summed E-state index contributed by atoms with van der Waals surface area (Å²) in [6.45, 7) is 4.83. The van der Waals surface area contributed by atoms with E-state index in [2.05, 4.69) is 21.8 Å². The molecule has 10 heteroatoms. The predicted octanol–water partition coefficient (Wildman–Crippen LogP) is 2.86. The zero-order valence-corrected chi connectivity index (χ0v) is 20.6. The Morgan fingerprint density at radius 3 is 2.56 bits per heavy atom. The molecular weight excluding hydrogens is 478 g/mol. The Labute approximate surface area is 208 Å². The third-order valence-corrected chi connectivity index (χ3v) is 8.42. The molecule has 1 aromatic carbocycles. The molecule has 0 radical (unpaired) electrons. The molecule has 1 amide bonds. The summed E-state index contributed by atoms with van der Waals surface area (Å²) in [7, 11) is -3.01. The lowest BCUT2D eigenvalue weighted by molar-refractivity contribution is -0.133. The minimum absolute atomic E-state index is 0.0566. The van der Waals surface area contributed by atoms with Gasteiger partial charge in [0.1, 0.15) is 12.0 Å². The fourth-order valence-corrected chi connectivity index (χ4v) is 5.88. The van der Waals surface area contributed by atoms with Crippen LogP contribution in [0.15, 0.2) is 47.3 Å². The van der Waals surface area contributed by atoms with E-state index < -0.39 is 9.84 Å². The van der Waals surface area contributed by atoms with Crippen molar-refractivity contribution in [2.75, 3.05) is 24.6 Å². The number of aryl methyl sites for hydroxylation is 1. The van der Waals surface area contributed by atoms with Gasteiger partial charge >= 0.3 is 0 Å². The maximum absolute atomic E-state index is 11.8. The first-order chi connectivity index (χ1) is 17.3. The molecule has 4 aromatic rings. The van der Waals surface area contributed by atoms with Crippen molar-refractivity contribution in [3.05, 3.63) is 54.2 Å². The van der Waals surface area contributed by atoms with Crippen LogP contribution in [0.5, 0.6) is 0 Å². The molecule has 0 N–H and O–H groups in total. The monoisotopic (exact) mass is 501 g/mol. The number of amides is 1. The second-order valence-electron chi connectivity index (χ2n) is 9.41. The van der Waals surface area contributed by atoms with Gasteiger partial charge in [-0.2, -0.15) is 5.10 Å². The zero-order valence-electron chi connectivity index (χ0n) is 19.8. The molecule has 36 heavy (non-hydrogen) atoms. The van der Waals surface area contributed by atoms with Crippen LogP contribution in [0.1, 0.15) is 24.3 Å². The lowest BCUT2D eigenvalue weighted by Crippen LogP contribution is -2.48. The average Bonchev–Trinajstić information content (AvgIpc) is 3.40. The van der Waals surface area contributed by atoms with Gasteiger partial charge in [-0.1, -0.05) is 35.7 Å². The minimum atomic E-state index is -3.01. The Bertz CT molecular complexity index is 1660. The molecule has 0 atom stereocenters. The van der Waals surface area contributed by atoms with Crippen LogP contribution in [0.2, 0.25) is 0 Å². The summed E-state index contributed by atoms with van der Waals surface area (Å²) in [4.78, 5) is 22.0. The molecule has 0 bridgehead atoms. The number of benzene rings is 1. The van der Waals surface area contributed by atoms with E-state index in [0.29, 0.717) is 41.3 Å². The third kappa shape index (κ3) is 4.05. The van der Waals surface area contributed by atoms with Crippen LogP contribution in [-0.4, -0.2) is 63.6 Å². The second kappa shape index (κ2) is 8.31. The van der Waals surface area contributed by atoms with Crippen molar-refractivity contribution < 1.29 is 17.6 Å². The van der Waals surface area contributed by atoms with Crippen molar-refractivity contribution in [2.24, 2.45) is 5.92 Å². The van der Waals surface area contributed by atoms with Gasteiger partial charge in [-0.3, -0.25) is 9.48 Å². The van der Waals surface area contributed by atoms with Gasteiger partial charge in [0.15, 0.2) is 15.6 Å². The lowest BCUT2D eigenvalue weighted by atomic mass is 10.0. The fourth-order valence-electron chi connectivity index (χ4n) is 4.50. The Morgan fingerprint density at radius 2 is 1.86 bits per heavy atom. The van der Waals surface area contributed by atoms with Crippen molar-refractivity contribution in [1.82, 2.24) is 24.6 Å². The predicted molar refractivity (Wildman–Crippen MR) is 134 cm³/mol. The number of carbonyl (C=O) groups is 1. The van der Waals surface area contributed by atoms with Gasteiger partial charge < -0.3 is 9.32 Å². The molecule has 0 saturated carbocycles. The topological polar surface area (TPSA) is 111 Å². The van der Waals surface area contributed by atoms with Crippen molar-refractivity contribution in [2.45, 2.75) is 19.9 Å². The van der Waals surface area contributed by atoms with Gasteiger partial charge in [0.25, 0.3) is 0 Å². The van der Waals surface area contributed by atoms with Crippen LogP contribution in [0.25, 0.3) is 33.6 Å². The smallest absolute Gasteiger partial charge is 0.231 e. The molecule has 2 saturated heterocycles. The maximum atomic E-state index is 11.8. The summed E-state index contributed by atoms with van der Waals surface area (Å²) < 4.78 is 31.2. The highest BCUT2D eigenvalue weighted by molar-refractivity contribution is 7.92. The largest absolute Gasteiger partial charge is 0.429 e. The molecule has 2 aliphatic rings. The summed E-state index contributed by atoms with van der Waals surface area (Å²) in [6.07, 6.45) is 3.30. The number of sulfone groups is 1. The Kier molecular flexibility index (Phi) is 5.19. The number of rotatable bonds is 3. The summed E-state index contributed by atoms with van der Waals surface area (Å²) >= 11 is 0. The SMILES string of the molecule is CC(=O)N1CC(C#Cc2cc3c(-c4cn(C5CS(=O)(=O)C5)nc4-c4ccc(C)cc4)ncnc3o2)C1. The highest BCUT2D eigenvalue weighted by Gasteiger charge is 2.36. The number of hydrogen-bond acceptors (Lipinski definition) is 7. The van der Waals surface area contributed by atoms with E-state index >= 15 is 0 Å². The number of fused-ring (bicyclic) bond motifs is 1. The minimum Gasteiger partial charge on any atom is -0.429 e. The first kappa shape index (κ1) is 22.5. The maximum Gasteiger partial charge on any atom is 0.231 e. The molecule has 9 nitrogen and oxygen atoms in total. The summed E-state index contributed by atoms with van der Waals surface area (Å²) in [5, 5.41) is 5.49. The number of likely N-dealkylation sites (tertiary alicyclic amines) is 1.